The predicted octanol–water partition coefficient (Wildman–Crippen LogP) is 1.97. The van der Waals surface area contributed by atoms with Gasteiger partial charge in [0.15, 0.2) is 0 Å². The number of hydrogen-bond acceptors (Lipinski definition) is 3. The maximum atomic E-state index is 10.5. The Labute approximate surface area is 106 Å². The van der Waals surface area contributed by atoms with Crippen molar-refractivity contribution >= 4 is 12.0 Å². The summed E-state index contributed by atoms with van der Waals surface area (Å²) in [6.45, 7) is 3.53. The normalized spacial score (nSPS) is 12.5. The molecule has 0 saturated carbocycles. The van der Waals surface area contributed by atoms with E-state index in [0.29, 0.717) is 17.5 Å². The van der Waals surface area contributed by atoms with Crippen molar-refractivity contribution in [2.75, 3.05) is 0 Å². The van der Waals surface area contributed by atoms with Gasteiger partial charge in [-0.1, -0.05) is 18.2 Å². The van der Waals surface area contributed by atoms with E-state index in [0.717, 1.165) is 6.08 Å². The minimum absolute atomic E-state index is 0.0469. The number of rotatable bonds is 6. The molecule has 0 aromatic heterocycles. The van der Waals surface area contributed by atoms with E-state index in [1.807, 2.05) is 0 Å². The van der Waals surface area contributed by atoms with E-state index in [9.17, 15) is 15.0 Å². The van der Waals surface area contributed by atoms with E-state index in [1.165, 1.54) is 12.1 Å². The molecule has 1 aromatic carbocycles. The predicted molar refractivity (Wildman–Crippen MR) is 69.3 cm³/mol. The molecule has 96 valence electrons. The topological polar surface area (TPSA) is 77.8 Å². The number of aliphatic carboxylic acids is 1. The maximum absolute atomic E-state index is 10.5. The van der Waals surface area contributed by atoms with Gasteiger partial charge in [0.2, 0.25) is 0 Å². The summed E-state index contributed by atoms with van der Waals surface area (Å²) in [6.07, 6.45) is 4.01. The van der Waals surface area contributed by atoms with Crippen LogP contribution in [0.5, 0.6) is 5.75 Å². The molecular formula is C14H16O4. The molecule has 0 radical (unpaired) electrons. The van der Waals surface area contributed by atoms with Crippen LogP contribution in [0.1, 0.15) is 17.5 Å². The van der Waals surface area contributed by atoms with E-state index < -0.39 is 12.1 Å². The molecule has 0 aliphatic carbocycles. The molecule has 0 saturated heterocycles. The van der Waals surface area contributed by atoms with Gasteiger partial charge in [-0.2, -0.15) is 0 Å². The van der Waals surface area contributed by atoms with E-state index in [-0.39, 0.29) is 12.2 Å². The third-order valence-corrected chi connectivity index (χ3v) is 2.47. The van der Waals surface area contributed by atoms with Gasteiger partial charge in [0, 0.05) is 18.1 Å². The number of carboxylic acids is 1. The minimum Gasteiger partial charge on any atom is -0.508 e. The van der Waals surface area contributed by atoms with Crippen molar-refractivity contribution in [3.8, 4) is 5.75 Å². The molecule has 4 nitrogen and oxygen atoms in total. The molecule has 1 aromatic rings. The summed E-state index contributed by atoms with van der Waals surface area (Å²) in [4.78, 5) is 10.5. The lowest BCUT2D eigenvalue weighted by Crippen LogP contribution is -2.10. The molecular weight excluding hydrogens is 232 g/mol. The molecule has 18 heavy (non-hydrogen) atoms. The fourth-order valence-electron chi connectivity index (χ4n) is 1.64. The molecule has 0 bridgehead atoms. The smallest absolute Gasteiger partial charge is 0.328 e. The van der Waals surface area contributed by atoms with Gasteiger partial charge in [0.1, 0.15) is 5.75 Å². The Bertz CT molecular complexity index is 463. The zero-order valence-electron chi connectivity index (χ0n) is 9.91. The van der Waals surface area contributed by atoms with Crippen molar-refractivity contribution in [2.45, 2.75) is 18.9 Å². The number of carboxylic acid groups (broad SMARTS) is 1. The number of aliphatic hydroxyl groups excluding tert-OH is 1. The van der Waals surface area contributed by atoms with Gasteiger partial charge in [0.05, 0.1) is 6.10 Å². The summed E-state index contributed by atoms with van der Waals surface area (Å²) >= 11 is 0. The lowest BCUT2D eigenvalue weighted by molar-refractivity contribution is -0.131. The Hall–Kier alpha value is -2.07. The zero-order valence-corrected chi connectivity index (χ0v) is 9.91. The van der Waals surface area contributed by atoms with Crippen molar-refractivity contribution in [1.82, 2.24) is 0 Å². The first-order valence-electron chi connectivity index (χ1n) is 5.55. The molecule has 0 fully saturated rings. The van der Waals surface area contributed by atoms with Crippen LogP contribution in [0.25, 0.3) is 6.08 Å². The Balaban J connectivity index is 3.00. The van der Waals surface area contributed by atoms with Crippen LogP contribution in [-0.4, -0.2) is 27.4 Å². The molecule has 0 amide bonds. The molecule has 3 N–H and O–H groups in total. The van der Waals surface area contributed by atoms with Gasteiger partial charge in [-0.15, -0.1) is 6.58 Å². The van der Waals surface area contributed by atoms with Crippen LogP contribution in [0.2, 0.25) is 0 Å². The summed E-state index contributed by atoms with van der Waals surface area (Å²) in [7, 11) is 0. The summed E-state index contributed by atoms with van der Waals surface area (Å²) in [6, 6.07) is 4.82. The van der Waals surface area contributed by atoms with Crippen molar-refractivity contribution < 1.29 is 20.1 Å². The highest BCUT2D eigenvalue weighted by molar-refractivity contribution is 5.85. The number of aromatic hydroxyl groups is 1. The highest BCUT2D eigenvalue weighted by Crippen LogP contribution is 2.24. The highest BCUT2D eigenvalue weighted by atomic mass is 16.4. The van der Waals surface area contributed by atoms with Gasteiger partial charge < -0.3 is 15.3 Å². The number of phenolic OH excluding ortho intramolecular Hbond substituents is 1. The van der Waals surface area contributed by atoms with Gasteiger partial charge in [-0.3, -0.25) is 0 Å². The molecule has 0 aliphatic rings. The Morgan fingerprint density at radius 1 is 1.44 bits per heavy atom. The van der Waals surface area contributed by atoms with Crippen molar-refractivity contribution in [1.29, 1.82) is 0 Å². The standard InChI is InChI=1S/C14H16O4/c1-2-4-11(15)9-12-10(7-8-14(17)18)5-3-6-13(12)16/h2-3,5-8,11,15-16H,1,4,9H2,(H,17,18)/t11-/m0/s1. The van der Waals surface area contributed by atoms with Gasteiger partial charge in [0.25, 0.3) is 0 Å². The van der Waals surface area contributed by atoms with Crippen LogP contribution < -0.4 is 0 Å². The lowest BCUT2D eigenvalue weighted by Gasteiger charge is -2.12. The van der Waals surface area contributed by atoms with Crippen molar-refractivity contribution in [3.05, 3.63) is 48.1 Å². The summed E-state index contributed by atoms with van der Waals surface area (Å²) < 4.78 is 0. The first kappa shape index (κ1) is 14.0. The SMILES string of the molecule is C=CC[C@H](O)Cc1c(O)cccc1C=CC(=O)O. The fourth-order valence-corrected chi connectivity index (χ4v) is 1.64. The second-order valence-electron chi connectivity index (χ2n) is 3.90. The minimum atomic E-state index is -1.06. The largest absolute Gasteiger partial charge is 0.508 e. The average Bonchev–Trinajstić information content (AvgIpc) is 2.30. The molecule has 4 heteroatoms. The van der Waals surface area contributed by atoms with Gasteiger partial charge >= 0.3 is 5.97 Å². The Morgan fingerprint density at radius 3 is 2.78 bits per heavy atom. The summed E-state index contributed by atoms with van der Waals surface area (Å²) in [5.41, 5.74) is 1.12. The summed E-state index contributed by atoms with van der Waals surface area (Å²) in [5, 5.41) is 28.1. The third-order valence-electron chi connectivity index (χ3n) is 2.47. The summed E-state index contributed by atoms with van der Waals surface area (Å²) in [5.74, 6) is -1.01. The molecule has 0 aliphatic heterocycles. The number of phenols is 1. The van der Waals surface area contributed by atoms with E-state index in [4.69, 9.17) is 5.11 Å². The van der Waals surface area contributed by atoms with Crippen LogP contribution in [0.4, 0.5) is 0 Å². The van der Waals surface area contributed by atoms with Crippen molar-refractivity contribution in [2.24, 2.45) is 0 Å². The number of hydrogen-bond donors (Lipinski definition) is 3. The second kappa shape index (κ2) is 6.61. The molecule has 1 atom stereocenters. The average molecular weight is 248 g/mol. The monoisotopic (exact) mass is 248 g/mol. The fraction of sp³-hybridized carbons (Fsp3) is 0.214. The van der Waals surface area contributed by atoms with E-state index in [2.05, 4.69) is 6.58 Å². The maximum Gasteiger partial charge on any atom is 0.328 e. The molecule has 0 spiro atoms. The van der Waals surface area contributed by atoms with Crippen LogP contribution in [0.15, 0.2) is 36.9 Å². The van der Waals surface area contributed by atoms with E-state index in [1.54, 1.807) is 18.2 Å². The lowest BCUT2D eigenvalue weighted by atomic mass is 9.98. The van der Waals surface area contributed by atoms with Crippen molar-refractivity contribution in [3.63, 3.8) is 0 Å². The first-order chi connectivity index (χ1) is 8.54. The Kier molecular flexibility index (Phi) is 5.14. The van der Waals surface area contributed by atoms with Crippen LogP contribution in [0.3, 0.4) is 0 Å². The van der Waals surface area contributed by atoms with Gasteiger partial charge in [-0.05, 0) is 24.1 Å². The van der Waals surface area contributed by atoms with Gasteiger partial charge in [-0.25, -0.2) is 4.79 Å². The second-order valence-corrected chi connectivity index (χ2v) is 3.90. The zero-order chi connectivity index (χ0) is 13.5. The van der Waals surface area contributed by atoms with Crippen LogP contribution in [-0.2, 0) is 11.2 Å². The number of carbonyl (C=O) groups is 1. The number of benzene rings is 1. The third kappa shape index (κ3) is 4.07. The number of aliphatic hydroxyl groups is 1. The molecule has 1 rings (SSSR count). The van der Waals surface area contributed by atoms with Crippen LogP contribution in [0, 0.1) is 0 Å². The quantitative estimate of drug-likeness (QED) is 0.531. The molecule has 0 heterocycles. The Morgan fingerprint density at radius 2 is 2.17 bits per heavy atom. The highest BCUT2D eigenvalue weighted by Gasteiger charge is 2.11. The van der Waals surface area contributed by atoms with E-state index >= 15 is 0 Å². The first-order valence-corrected chi connectivity index (χ1v) is 5.55. The van der Waals surface area contributed by atoms with Crippen LogP contribution >= 0.6 is 0 Å². The molecule has 0 unspecified atom stereocenters.